The number of H-pyrrole nitrogens is 1. The van der Waals surface area contributed by atoms with Gasteiger partial charge in [-0.2, -0.15) is 5.26 Å². The largest absolute Gasteiger partial charge is 0.456 e. The van der Waals surface area contributed by atoms with E-state index in [2.05, 4.69) is 56.9 Å². The Bertz CT molecular complexity index is 2430. The summed E-state index contributed by atoms with van der Waals surface area (Å²) in [5.41, 5.74) is 7.76. The molecule has 5 aromatic rings. The van der Waals surface area contributed by atoms with Crippen LogP contribution in [0.2, 0.25) is 5.02 Å². The first-order chi connectivity index (χ1) is 26.9. The first-order valence-electron chi connectivity index (χ1n) is 19.0. The molecule has 4 aromatic carbocycles. The molecule has 0 spiro atoms. The van der Waals surface area contributed by atoms with Gasteiger partial charge in [-0.3, -0.25) is 9.69 Å². The maximum Gasteiger partial charge on any atom is 0.268 e. The molecule has 10 nitrogen and oxygen atoms in total. The van der Waals surface area contributed by atoms with E-state index in [-0.39, 0.29) is 21.6 Å². The van der Waals surface area contributed by atoms with Crippen molar-refractivity contribution < 1.29 is 17.9 Å². The number of nitriles is 1. The van der Waals surface area contributed by atoms with Crippen molar-refractivity contribution >= 4 is 55.4 Å². The summed E-state index contributed by atoms with van der Waals surface area (Å²) in [6, 6.07) is 27.7. The first-order valence-corrected chi connectivity index (χ1v) is 20.9. The van der Waals surface area contributed by atoms with Crippen LogP contribution in [0.5, 0.6) is 11.5 Å². The second-order valence-electron chi connectivity index (χ2n) is 15.4. The third-order valence-corrected chi connectivity index (χ3v) is 12.4. The lowest BCUT2D eigenvalue weighted by atomic mass is 9.72. The van der Waals surface area contributed by atoms with Crippen molar-refractivity contribution in [1.82, 2.24) is 14.6 Å². The number of nitrogens with zero attached hydrogens (tertiary/aromatic N) is 3. The number of aryl methyl sites for hydroxylation is 1. The Labute approximate surface area is 334 Å². The van der Waals surface area contributed by atoms with Crippen LogP contribution in [0, 0.1) is 23.7 Å². The van der Waals surface area contributed by atoms with Crippen LogP contribution in [-0.2, 0) is 10.0 Å². The Hall–Kier alpha value is -5.28. The number of allylic oxidation sites excluding steroid dienone is 1. The van der Waals surface area contributed by atoms with E-state index in [1.54, 1.807) is 19.1 Å². The summed E-state index contributed by atoms with van der Waals surface area (Å²) in [5, 5.41) is 13.7. The van der Waals surface area contributed by atoms with Crippen molar-refractivity contribution in [2.45, 2.75) is 51.3 Å². The number of hydrogen-bond acceptors (Lipinski definition) is 8. The number of anilines is 2. The molecular formula is C44H47ClN6O4S. The zero-order valence-electron chi connectivity index (χ0n) is 32.0. The maximum absolute atomic E-state index is 13.8. The standard InChI is InChI=1S/C44H47ClN6O4S/c1-30-25-37(11-14-40(30)47-19-4-18-46)56(53,54)49-43(52)38-12-9-35(27-42(38)55-36-10-13-41-32(26-36)16-20-48-41)51-23-21-50(22-24-51)29-33-15-17-44(2,3)28-39(33)31-5-7-34(45)8-6-31/h5-14,16,20,25-27,47-48H,4,15,17,19,21-24,28-29H2,1-3H3,(H,49,52). The highest BCUT2D eigenvalue weighted by Gasteiger charge is 2.30. The van der Waals surface area contributed by atoms with Gasteiger partial charge in [0.1, 0.15) is 11.5 Å². The predicted molar refractivity (Wildman–Crippen MR) is 224 cm³/mol. The van der Waals surface area contributed by atoms with E-state index in [1.807, 2.05) is 54.7 Å². The minimum absolute atomic E-state index is 0.0444. The Morgan fingerprint density at radius 3 is 2.52 bits per heavy atom. The van der Waals surface area contributed by atoms with Gasteiger partial charge < -0.3 is 19.9 Å². The van der Waals surface area contributed by atoms with Crippen LogP contribution in [-0.4, -0.2) is 63.5 Å². The quantitative estimate of drug-likeness (QED) is 0.107. The van der Waals surface area contributed by atoms with Gasteiger partial charge >= 0.3 is 0 Å². The van der Waals surface area contributed by atoms with Crippen LogP contribution in [0.1, 0.15) is 61.0 Å². The molecule has 0 unspecified atom stereocenters. The van der Waals surface area contributed by atoms with Crippen molar-refractivity contribution in [2.24, 2.45) is 5.41 Å². The molecule has 1 amide bonds. The number of sulfonamides is 1. The van der Waals surface area contributed by atoms with Gasteiger partial charge in [0.25, 0.3) is 15.9 Å². The zero-order valence-corrected chi connectivity index (χ0v) is 33.6. The zero-order chi connectivity index (χ0) is 39.5. The van der Waals surface area contributed by atoms with Gasteiger partial charge in [0.05, 0.1) is 22.9 Å². The van der Waals surface area contributed by atoms with Crippen molar-refractivity contribution in [3.8, 4) is 17.6 Å². The van der Waals surface area contributed by atoms with Crippen LogP contribution in [0.15, 0.2) is 102 Å². The Morgan fingerprint density at radius 2 is 1.77 bits per heavy atom. The summed E-state index contributed by atoms with van der Waals surface area (Å²) >= 11 is 6.24. The van der Waals surface area contributed by atoms with Gasteiger partial charge in [-0.25, -0.2) is 13.1 Å². The summed E-state index contributed by atoms with van der Waals surface area (Å²) in [6.45, 7) is 11.1. The topological polar surface area (TPSA) is 131 Å². The molecule has 1 saturated heterocycles. The van der Waals surface area contributed by atoms with Crippen LogP contribution in [0.3, 0.4) is 0 Å². The van der Waals surface area contributed by atoms with E-state index >= 15 is 0 Å². The fraction of sp³-hybridized carbons (Fsp3) is 0.318. The molecule has 0 radical (unpaired) electrons. The molecule has 7 rings (SSSR count). The highest BCUT2D eigenvalue weighted by atomic mass is 35.5. The molecule has 0 bridgehead atoms. The summed E-state index contributed by atoms with van der Waals surface area (Å²) in [5.74, 6) is -0.0248. The highest BCUT2D eigenvalue weighted by Crippen LogP contribution is 2.43. The molecule has 2 heterocycles. The number of rotatable bonds is 12. The van der Waals surface area contributed by atoms with Gasteiger partial charge in [-0.15, -0.1) is 0 Å². The fourth-order valence-electron chi connectivity index (χ4n) is 7.59. The van der Waals surface area contributed by atoms with Crippen molar-refractivity contribution in [1.29, 1.82) is 5.26 Å². The number of halogens is 1. The number of amides is 1. The van der Waals surface area contributed by atoms with Crippen molar-refractivity contribution in [3.63, 3.8) is 0 Å². The van der Waals surface area contributed by atoms with E-state index in [9.17, 15) is 13.2 Å². The summed E-state index contributed by atoms with van der Waals surface area (Å²) < 4.78 is 35.6. The maximum atomic E-state index is 13.8. The molecule has 3 N–H and O–H groups in total. The number of aromatic nitrogens is 1. The van der Waals surface area contributed by atoms with Crippen LogP contribution in [0.4, 0.5) is 11.4 Å². The number of fused-ring (bicyclic) bond motifs is 1. The number of nitrogens with one attached hydrogen (secondary N) is 3. The normalized spacial score (nSPS) is 16.1. The van der Waals surface area contributed by atoms with Gasteiger partial charge in [-0.1, -0.05) is 43.2 Å². The van der Waals surface area contributed by atoms with E-state index in [0.717, 1.165) is 79.3 Å². The average molecular weight is 791 g/mol. The minimum Gasteiger partial charge on any atom is -0.456 e. The number of carbonyl (C=O) groups is 1. The minimum atomic E-state index is -4.23. The summed E-state index contributed by atoms with van der Waals surface area (Å²) in [7, 11) is -4.23. The molecule has 1 aliphatic carbocycles. The van der Waals surface area contributed by atoms with Gasteiger partial charge in [0.15, 0.2) is 0 Å². The third kappa shape index (κ3) is 9.05. The molecule has 0 atom stereocenters. The second-order valence-corrected chi connectivity index (χ2v) is 17.6. The lowest BCUT2D eigenvalue weighted by Gasteiger charge is -2.39. The lowest BCUT2D eigenvalue weighted by molar-refractivity contribution is 0.0979. The summed E-state index contributed by atoms with van der Waals surface area (Å²) in [4.78, 5) is 21.7. The van der Waals surface area contributed by atoms with E-state index in [4.69, 9.17) is 21.6 Å². The number of hydrogen-bond donors (Lipinski definition) is 3. The van der Waals surface area contributed by atoms with Crippen LogP contribution >= 0.6 is 11.6 Å². The number of piperazine rings is 1. The molecular weight excluding hydrogens is 744 g/mol. The molecule has 290 valence electrons. The number of carbonyl (C=O) groups excluding carboxylic acids is 1. The van der Waals surface area contributed by atoms with E-state index in [0.29, 0.717) is 24.3 Å². The van der Waals surface area contributed by atoms with Gasteiger partial charge in [0.2, 0.25) is 0 Å². The summed E-state index contributed by atoms with van der Waals surface area (Å²) in [6.07, 6.45) is 5.44. The number of benzene rings is 4. The highest BCUT2D eigenvalue weighted by molar-refractivity contribution is 7.90. The second kappa shape index (κ2) is 16.4. The Morgan fingerprint density at radius 1 is 0.982 bits per heavy atom. The van der Waals surface area contributed by atoms with Gasteiger partial charge in [-0.05, 0) is 115 Å². The molecule has 2 aliphatic rings. The first kappa shape index (κ1) is 39.0. The molecule has 1 aliphatic heterocycles. The van der Waals surface area contributed by atoms with E-state index < -0.39 is 15.9 Å². The predicted octanol–water partition coefficient (Wildman–Crippen LogP) is 9.15. The molecule has 56 heavy (non-hydrogen) atoms. The number of aromatic amines is 1. The Kier molecular flexibility index (Phi) is 11.4. The average Bonchev–Trinajstić information content (AvgIpc) is 3.65. The molecule has 0 saturated carbocycles. The fourth-order valence-corrected chi connectivity index (χ4v) is 8.77. The van der Waals surface area contributed by atoms with Crippen LogP contribution in [0.25, 0.3) is 16.5 Å². The SMILES string of the molecule is Cc1cc(S(=O)(=O)NC(=O)c2ccc(N3CCN(CC4=C(c5ccc(Cl)cc5)CC(C)(C)CC4)CC3)cc2Oc2ccc3[nH]ccc3c2)ccc1NCCC#N. The molecule has 1 aromatic heterocycles. The van der Waals surface area contributed by atoms with E-state index in [1.165, 1.54) is 28.8 Å². The Balaban J connectivity index is 1.10. The smallest absolute Gasteiger partial charge is 0.268 e. The molecule has 1 fully saturated rings. The lowest BCUT2D eigenvalue weighted by Crippen LogP contribution is -2.47. The third-order valence-electron chi connectivity index (χ3n) is 10.8. The van der Waals surface area contributed by atoms with Gasteiger partial charge in [0, 0.05) is 78.8 Å². The molecule has 12 heteroatoms. The number of ether oxygens (including phenoxy) is 1. The van der Waals surface area contributed by atoms with Crippen LogP contribution < -0.4 is 19.7 Å². The monoisotopic (exact) mass is 790 g/mol. The van der Waals surface area contributed by atoms with Crippen molar-refractivity contribution in [2.75, 3.05) is 49.5 Å². The van der Waals surface area contributed by atoms with Crippen molar-refractivity contribution in [3.05, 3.63) is 118 Å².